The quantitative estimate of drug-likeness (QED) is 0.206. The van der Waals surface area contributed by atoms with Gasteiger partial charge >= 0.3 is 5.97 Å². The molecule has 0 spiro atoms. The molecule has 8 nitrogen and oxygen atoms in total. The summed E-state index contributed by atoms with van der Waals surface area (Å²) < 4.78 is 45.6. The van der Waals surface area contributed by atoms with Crippen LogP contribution in [0.15, 0.2) is 41.5 Å². The highest BCUT2D eigenvalue weighted by molar-refractivity contribution is 7.14. The molecule has 2 aromatic carbocycles. The number of methoxy groups -OCH3 is 3. The Hall–Kier alpha value is -3.83. The standard InChI is InChI=1S/C29H30F2N2O6S/c1-37-24(28(35)36)14-20-21(30)12-17(13-22(20)31)27(34)33-29-32-23(15-40-29)18-10-7-11-19(26(18)39-3)25(38-2)16-8-5-4-6-9-16/h7,10-16,25H,4-6,8-9H2,1-3H3,(H,35,36)(H,32,33,34)/b24-14-. The highest BCUT2D eigenvalue weighted by Gasteiger charge is 2.29. The number of carboxylic acids is 1. The van der Waals surface area contributed by atoms with Crippen molar-refractivity contribution in [3.8, 4) is 17.0 Å². The Morgan fingerprint density at radius 2 is 1.82 bits per heavy atom. The van der Waals surface area contributed by atoms with Gasteiger partial charge in [-0.1, -0.05) is 31.4 Å². The van der Waals surface area contributed by atoms with Crippen molar-refractivity contribution >= 4 is 34.4 Å². The number of nitrogens with one attached hydrogen (secondary N) is 1. The average Bonchev–Trinajstić information content (AvgIpc) is 3.41. The third-order valence-electron chi connectivity index (χ3n) is 6.94. The molecule has 1 heterocycles. The van der Waals surface area contributed by atoms with E-state index in [-0.39, 0.29) is 16.8 Å². The molecule has 212 valence electrons. The summed E-state index contributed by atoms with van der Waals surface area (Å²) in [4.78, 5) is 28.4. The van der Waals surface area contributed by atoms with Crippen LogP contribution in [0.2, 0.25) is 0 Å². The summed E-state index contributed by atoms with van der Waals surface area (Å²) in [6.45, 7) is 0. The molecule has 1 atom stereocenters. The van der Waals surface area contributed by atoms with Gasteiger partial charge in [-0.25, -0.2) is 18.6 Å². The third kappa shape index (κ3) is 6.31. The van der Waals surface area contributed by atoms with E-state index in [2.05, 4.69) is 15.0 Å². The Bertz CT molecular complexity index is 1390. The number of carbonyl (C=O) groups is 2. The van der Waals surface area contributed by atoms with Crippen molar-refractivity contribution < 1.29 is 37.7 Å². The first kappa shape index (κ1) is 29.2. The van der Waals surface area contributed by atoms with E-state index < -0.39 is 34.8 Å². The van der Waals surface area contributed by atoms with Gasteiger partial charge in [-0.05, 0) is 37.0 Å². The van der Waals surface area contributed by atoms with Crippen LogP contribution in [0.3, 0.4) is 0 Å². The fourth-order valence-electron chi connectivity index (χ4n) is 5.04. The summed E-state index contributed by atoms with van der Waals surface area (Å²) >= 11 is 1.15. The van der Waals surface area contributed by atoms with Gasteiger partial charge in [0.15, 0.2) is 5.13 Å². The van der Waals surface area contributed by atoms with E-state index >= 15 is 0 Å². The van der Waals surface area contributed by atoms with Gasteiger partial charge in [0.25, 0.3) is 5.91 Å². The molecule has 1 amide bonds. The Morgan fingerprint density at radius 3 is 2.42 bits per heavy atom. The van der Waals surface area contributed by atoms with Gasteiger partial charge in [0.1, 0.15) is 17.4 Å². The van der Waals surface area contributed by atoms with Gasteiger partial charge in [-0.15, -0.1) is 11.3 Å². The van der Waals surface area contributed by atoms with Crippen LogP contribution in [0.4, 0.5) is 13.9 Å². The van der Waals surface area contributed by atoms with Crippen LogP contribution >= 0.6 is 11.3 Å². The van der Waals surface area contributed by atoms with Crippen molar-refractivity contribution in [3.63, 3.8) is 0 Å². The summed E-state index contributed by atoms with van der Waals surface area (Å²) in [7, 11) is 4.37. The number of hydrogen-bond acceptors (Lipinski definition) is 7. The lowest BCUT2D eigenvalue weighted by Gasteiger charge is -2.30. The van der Waals surface area contributed by atoms with Gasteiger partial charge in [-0.3, -0.25) is 10.1 Å². The molecule has 4 rings (SSSR count). The normalized spacial score (nSPS) is 15.0. The highest BCUT2D eigenvalue weighted by Crippen LogP contribution is 2.43. The molecular weight excluding hydrogens is 542 g/mol. The number of ether oxygens (including phenoxy) is 3. The molecule has 0 radical (unpaired) electrons. The molecule has 11 heteroatoms. The number of aliphatic carboxylic acids is 1. The third-order valence-corrected chi connectivity index (χ3v) is 7.69. The maximum atomic E-state index is 14.6. The van der Waals surface area contributed by atoms with Crippen LogP contribution in [0.1, 0.15) is 59.7 Å². The summed E-state index contributed by atoms with van der Waals surface area (Å²) in [5.74, 6) is -4.12. The van der Waals surface area contributed by atoms with Crippen molar-refractivity contribution in [2.24, 2.45) is 5.92 Å². The molecule has 2 N–H and O–H groups in total. The predicted octanol–water partition coefficient (Wildman–Crippen LogP) is 6.69. The lowest BCUT2D eigenvalue weighted by atomic mass is 9.82. The Balaban J connectivity index is 1.57. The van der Waals surface area contributed by atoms with Crippen LogP contribution in [-0.4, -0.2) is 43.3 Å². The van der Waals surface area contributed by atoms with E-state index in [9.17, 15) is 18.4 Å². The van der Waals surface area contributed by atoms with Crippen LogP contribution in [0, 0.1) is 17.6 Å². The molecule has 40 heavy (non-hydrogen) atoms. The van der Waals surface area contributed by atoms with E-state index in [1.165, 1.54) is 19.3 Å². The van der Waals surface area contributed by atoms with Crippen molar-refractivity contribution in [3.05, 3.63) is 69.8 Å². The van der Waals surface area contributed by atoms with E-state index in [0.717, 1.165) is 54.5 Å². The molecule has 0 bridgehead atoms. The first-order valence-electron chi connectivity index (χ1n) is 12.7. The number of nitrogens with zero attached hydrogens (tertiary/aromatic N) is 1. The zero-order chi connectivity index (χ0) is 28.8. The fourth-order valence-corrected chi connectivity index (χ4v) is 5.74. The van der Waals surface area contributed by atoms with Crippen molar-refractivity contribution in [1.82, 2.24) is 4.98 Å². The Kier molecular flexibility index (Phi) is 9.49. The van der Waals surface area contributed by atoms with Crippen molar-refractivity contribution in [2.75, 3.05) is 26.6 Å². The molecule has 1 unspecified atom stereocenters. The van der Waals surface area contributed by atoms with Crippen LogP contribution in [-0.2, 0) is 14.3 Å². The number of thiazole rings is 1. The first-order chi connectivity index (χ1) is 19.3. The number of para-hydroxylation sites is 1. The smallest absolute Gasteiger partial charge is 0.371 e. The maximum Gasteiger partial charge on any atom is 0.371 e. The number of halogens is 2. The molecule has 3 aromatic rings. The number of aromatic nitrogens is 1. The number of amides is 1. The number of anilines is 1. The monoisotopic (exact) mass is 572 g/mol. The number of benzene rings is 2. The van der Waals surface area contributed by atoms with Gasteiger partial charge in [-0.2, -0.15) is 0 Å². The minimum absolute atomic E-state index is 0.119. The second kappa shape index (κ2) is 13.0. The van der Waals surface area contributed by atoms with Gasteiger partial charge < -0.3 is 19.3 Å². The van der Waals surface area contributed by atoms with E-state index in [1.54, 1.807) is 19.6 Å². The number of carboxylic acid groups (broad SMARTS) is 1. The maximum absolute atomic E-state index is 14.6. The molecule has 0 saturated heterocycles. The summed E-state index contributed by atoms with van der Waals surface area (Å²) in [6.07, 6.45) is 6.35. The zero-order valence-corrected chi connectivity index (χ0v) is 23.1. The van der Waals surface area contributed by atoms with E-state index in [4.69, 9.17) is 14.6 Å². The fraction of sp³-hybridized carbons (Fsp3) is 0.345. The second-order valence-electron chi connectivity index (χ2n) is 9.35. The number of rotatable bonds is 10. The van der Waals surface area contributed by atoms with Crippen LogP contribution in [0.25, 0.3) is 17.3 Å². The second-order valence-corrected chi connectivity index (χ2v) is 10.2. The predicted molar refractivity (Wildman–Crippen MR) is 147 cm³/mol. The highest BCUT2D eigenvalue weighted by atomic mass is 32.1. The molecule has 1 aromatic heterocycles. The number of carbonyl (C=O) groups excluding carboxylic acids is 1. The topological polar surface area (TPSA) is 107 Å². The van der Waals surface area contributed by atoms with Crippen LogP contribution in [0.5, 0.6) is 5.75 Å². The Morgan fingerprint density at radius 1 is 1.12 bits per heavy atom. The lowest BCUT2D eigenvalue weighted by molar-refractivity contribution is -0.135. The average molecular weight is 573 g/mol. The van der Waals surface area contributed by atoms with E-state index in [0.29, 0.717) is 23.4 Å². The van der Waals surface area contributed by atoms with Gasteiger partial charge in [0.2, 0.25) is 5.76 Å². The van der Waals surface area contributed by atoms with E-state index in [1.807, 2.05) is 18.2 Å². The lowest BCUT2D eigenvalue weighted by Crippen LogP contribution is -2.18. The molecule has 0 aliphatic heterocycles. The summed E-state index contributed by atoms with van der Waals surface area (Å²) in [6, 6.07) is 7.42. The molecule has 1 saturated carbocycles. The largest absolute Gasteiger partial charge is 0.496 e. The van der Waals surface area contributed by atoms with Crippen LogP contribution < -0.4 is 10.1 Å². The molecule has 1 aliphatic carbocycles. The minimum Gasteiger partial charge on any atom is -0.496 e. The SMILES string of the molecule is CO/C(=C\c1c(F)cc(C(=O)Nc2nc(-c3cccc(C(OC)C4CCCCC4)c3OC)cs2)cc1F)C(=O)O. The Labute approximate surface area is 234 Å². The van der Waals surface area contributed by atoms with Gasteiger partial charge in [0, 0.05) is 40.8 Å². The van der Waals surface area contributed by atoms with Gasteiger partial charge in [0.05, 0.1) is 26.0 Å². The first-order valence-corrected chi connectivity index (χ1v) is 13.6. The van der Waals surface area contributed by atoms with Crippen molar-refractivity contribution in [1.29, 1.82) is 0 Å². The summed E-state index contributed by atoms with van der Waals surface area (Å²) in [5.41, 5.74) is 1.30. The zero-order valence-electron chi connectivity index (χ0n) is 22.3. The number of hydrogen-bond donors (Lipinski definition) is 2. The van der Waals surface area contributed by atoms with Crippen molar-refractivity contribution in [2.45, 2.75) is 38.2 Å². The molecule has 1 aliphatic rings. The minimum atomic E-state index is -1.49. The summed E-state index contributed by atoms with van der Waals surface area (Å²) in [5, 5.41) is 13.6. The molecule has 1 fully saturated rings. The molecular formula is C29H30F2N2O6S.